The first kappa shape index (κ1) is 17.6. The largest absolute Gasteiger partial charge is 0.368 e. The molecule has 3 rings (SSSR count). The lowest BCUT2D eigenvalue weighted by molar-refractivity contribution is -0.121. The number of hydrogen-bond donors (Lipinski definition) is 1. The zero-order chi connectivity index (χ0) is 18.1. The Balaban J connectivity index is 2.01. The van der Waals surface area contributed by atoms with Gasteiger partial charge in [0.15, 0.2) is 0 Å². The first-order valence-corrected chi connectivity index (χ1v) is 9.19. The summed E-state index contributed by atoms with van der Waals surface area (Å²) in [6.07, 6.45) is 3.44. The number of carbonyl (C=O) groups is 2. The number of nitrogens with zero attached hydrogens (tertiary/aromatic N) is 2. The molecule has 1 fully saturated rings. The van der Waals surface area contributed by atoms with Gasteiger partial charge in [-0.3, -0.25) is 9.59 Å². The van der Waals surface area contributed by atoms with E-state index in [1.54, 1.807) is 4.90 Å². The van der Waals surface area contributed by atoms with Crippen LogP contribution in [0.2, 0.25) is 0 Å². The summed E-state index contributed by atoms with van der Waals surface area (Å²) < 4.78 is 0. The van der Waals surface area contributed by atoms with E-state index >= 15 is 0 Å². The number of thiazole rings is 1. The van der Waals surface area contributed by atoms with Gasteiger partial charge in [-0.25, -0.2) is 4.98 Å². The standard InChI is InChI=1S/C19H22N3O2S/c1-11-7-8-14(10-12(11)2)17-16(21-13(3)25-17)19(24)22-9-5-4-6-15(22)18(20)23/h6-8,10,15H,4-5,9H2,1-3H3,(H2,20,23). The summed E-state index contributed by atoms with van der Waals surface area (Å²) in [5, 5.41) is 0.827. The molecule has 1 atom stereocenters. The number of hydrogen-bond acceptors (Lipinski definition) is 4. The van der Waals surface area contributed by atoms with Crippen LogP contribution >= 0.6 is 11.3 Å². The third kappa shape index (κ3) is 3.44. The van der Waals surface area contributed by atoms with Crippen LogP contribution in [0.25, 0.3) is 10.4 Å². The van der Waals surface area contributed by atoms with Crippen molar-refractivity contribution >= 4 is 23.2 Å². The Hall–Kier alpha value is -2.21. The number of nitrogens with two attached hydrogens (primary N) is 1. The van der Waals surface area contributed by atoms with Crippen LogP contribution in [-0.4, -0.2) is 34.3 Å². The van der Waals surface area contributed by atoms with E-state index in [1.807, 2.05) is 19.4 Å². The van der Waals surface area contributed by atoms with Crippen molar-refractivity contribution in [3.8, 4) is 10.4 Å². The van der Waals surface area contributed by atoms with E-state index in [0.717, 1.165) is 28.3 Å². The highest BCUT2D eigenvalue weighted by molar-refractivity contribution is 7.15. The summed E-state index contributed by atoms with van der Waals surface area (Å²) in [6, 6.07) is 5.48. The lowest BCUT2D eigenvalue weighted by Gasteiger charge is -2.33. The highest BCUT2D eigenvalue weighted by Crippen LogP contribution is 2.33. The van der Waals surface area contributed by atoms with Gasteiger partial charge in [-0.15, -0.1) is 11.3 Å². The first-order chi connectivity index (χ1) is 11.9. The van der Waals surface area contributed by atoms with E-state index in [1.165, 1.54) is 22.5 Å². The zero-order valence-electron chi connectivity index (χ0n) is 14.7. The smallest absolute Gasteiger partial charge is 0.274 e. The Morgan fingerprint density at radius 1 is 1.24 bits per heavy atom. The molecule has 1 aliphatic rings. The maximum atomic E-state index is 13.1. The Morgan fingerprint density at radius 2 is 2.00 bits per heavy atom. The van der Waals surface area contributed by atoms with Gasteiger partial charge in [-0.2, -0.15) is 0 Å². The Labute approximate surface area is 151 Å². The first-order valence-electron chi connectivity index (χ1n) is 8.37. The molecule has 6 heteroatoms. The average molecular weight is 356 g/mol. The number of rotatable bonds is 3. The topological polar surface area (TPSA) is 76.3 Å². The van der Waals surface area contributed by atoms with E-state index < -0.39 is 11.9 Å². The third-order valence-corrected chi connectivity index (χ3v) is 5.61. The van der Waals surface area contributed by atoms with Gasteiger partial charge in [0.25, 0.3) is 5.91 Å². The SMILES string of the molecule is Cc1nc(C(=O)N2CCC[CH]C2C(N)=O)c(-c2ccc(C)c(C)c2)s1. The summed E-state index contributed by atoms with van der Waals surface area (Å²) in [7, 11) is 0. The number of aromatic nitrogens is 1. The number of primary amides is 1. The summed E-state index contributed by atoms with van der Waals surface area (Å²) in [5.41, 5.74) is 9.25. The number of piperidine rings is 1. The van der Waals surface area contributed by atoms with Crippen LogP contribution in [0.5, 0.6) is 0 Å². The van der Waals surface area contributed by atoms with Gasteiger partial charge >= 0.3 is 0 Å². The van der Waals surface area contributed by atoms with Crippen LogP contribution in [0.3, 0.4) is 0 Å². The predicted molar refractivity (Wildman–Crippen MR) is 99.3 cm³/mol. The minimum Gasteiger partial charge on any atom is -0.368 e. The van der Waals surface area contributed by atoms with E-state index in [0.29, 0.717) is 12.2 Å². The van der Waals surface area contributed by atoms with Crippen molar-refractivity contribution in [3.05, 3.63) is 46.4 Å². The van der Waals surface area contributed by atoms with E-state index in [4.69, 9.17) is 5.73 Å². The van der Waals surface area contributed by atoms with Crippen molar-refractivity contribution in [2.24, 2.45) is 5.73 Å². The average Bonchev–Trinajstić information content (AvgIpc) is 2.98. The molecule has 1 aromatic carbocycles. The fraction of sp³-hybridized carbons (Fsp3) is 0.368. The van der Waals surface area contributed by atoms with Crippen LogP contribution in [0, 0.1) is 27.2 Å². The van der Waals surface area contributed by atoms with Crippen molar-refractivity contribution in [2.45, 2.75) is 39.7 Å². The van der Waals surface area contributed by atoms with Gasteiger partial charge in [0.05, 0.1) is 9.88 Å². The number of amides is 2. The fourth-order valence-electron chi connectivity index (χ4n) is 3.09. The Morgan fingerprint density at radius 3 is 2.68 bits per heavy atom. The molecule has 1 aliphatic heterocycles. The minimum absolute atomic E-state index is 0.225. The molecular formula is C19H22N3O2S. The van der Waals surface area contributed by atoms with Gasteiger partial charge < -0.3 is 10.6 Å². The van der Waals surface area contributed by atoms with E-state index in [2.05, 4.69) is 31.0 Å². The monoisotopic (exact) mass is 356 g/mol. The normalized spacial score (nSPS) is 17.6. The number of carbonyl (C=O) groups excluding carboxylic acids is 2. The van der Waals surface area contributed by atoms with Crippen molar-refractivity contribution in [1.29, 1.82) is 0 Å². The van der Waals surface area contributed by atoms with Crippen LogP contribution in [-0.2, 0) is 4.79 Å². The maximum absolute atomic E-state index is 13.1. The van der Waals surface area contributed by atoms with Gasteiger partial charge in [0.2, 0.25) is 5.91 Å². The molecule has 1 radical (unpaired) electrons. The van der Waals surface area contributed by atoms with Gasteiger partial charge in [-0.1, -0.05) is 18.2 Å². The molecule has 25 heavy (non-hydrogen) atoms. The van der Waals surface area contributed by atoms with Crippen LogP contribution in [0.15, 0.2) is 18.2 Å². The van der Waals surface area contributed by atoms with Crippen molar-refractivity contribution in [1.82, 2.24) is 9.88 Å². The lowest BCUT2D eigenvalue weighted by Crippen LogP contribution is -2.51. The van der Waals surface area contributed by atoms with Crippen molar-refractivity contribution in [3.63, 3.8) is 0 Å². The molecule has 131 valence electrons. The molecule has 2 aromatic rings. The summed E-state index contributed by atoms with van der Waals surface area (Å²) in [4.78, 5) is 31.7. The van der Waals surface area contributed by atoms with Crippen molar-refractivity contribution in [2.75, 3.05) is 6.54 Å². The number of aryl methyl sites for hydroxylation is 3. The number of likely N-dealkylation sites (tertiary alicyclic amines) is 1. The number of benzene rings is 1. The second kappa shape index (κ2) is 6.96. The van der Waals surface area contributed by atoms with Crippen LogP contribution in [0.4, 0.5) is 0 Å². The molecule has 1 saturated heterocycles. The molecule has 5 nitrogen and oxygen atoms in total. The summed E-state index contributed by atoms with van der Waals surface area (Å²) >= 11 is 1.50. The van der Waals surface area contributed by atoms with Gasteiger partial charge in [0.1, 0.15) is 11.7 Å². The summed E-state index contributed by atoms with van der Waals surface area (Å²) in [6.45, 7) is 6.52. The van der Waals surface area contributed by atoms with Gasteiger partial charge in [0, 0.05) is 6.54 Å². The zero-order valence-corrected chi connectivity index (χ0v) is 15.5. The molecule has 2 N–H and O–H groups in total. The molecule has 0 spiro atoms. The van der Waals surface area contributed by atoms with E-state index in [-0.39, 0.29) is 5.91 Å². The quantitative estimate of drug-likeness (QED) is 0.918. The second-order valence-corrected chi connectivity index (χ2v) is 7.64. The fourth-order valence-corrected chi connectivity index (χ4v) is 3.99. The van der Waals surface area contributed by atoms with Crippen molar-refractivity contribution < 1.29 is 9.59 Å². The highest BCUT2D eigenvalue weighted by Gasteiger charge is 2.34. The molecular weight excluding hydrogens is 334 g/mol. The van der Waals surface area contributed by atoms with E-state index in [9.17, 15) is 9.59 Å². The molecule has 0 aliphatic carbocycles. The minimum atomic E-state index is -0.657. The molecule has 2 amide bonds. The predicted octanol–water partition coefficient (Wildman–Crippen LogP) is 3.03. The molecule has 1 aromatic heterocycles. The molecule has 2 heterocycles. The summed E-state index contributed by atoms with van der Waals surface area (Å²) in [5.74, 6) is -0.718. The third-order valence-electron chi connectivity index (χ3n) is 4.59. The Kier molecular flexibility index (Phi) is 4.90. The second-order valence-electron chi connectivity index (χ2n) is 6.43. The molecule has 0 saturated carbocycles. The van der Waals surface area contributed by atoms with Crippen LogP contribution in [0.1, 0.15) is 39.5 Å². The Bertz CT molecular complexity index is 828. The van der Waals surface area contributed by atoms with Gasteiger partial charge in [-0.05, 0) is 56.7 Å². The lowest BCUT2D eigenvalue weighted by atomic mass is 10.00. The maximum Gasteiger partial charge on any atom is 0.274 e. The highest BCUT2D eigenvalue weighted by atomic mass is 32.1. The molecule has 0 bridgehead atoms. The van der Waals surface area contributed by atoms with Crippen LogP contribution < -0.4 is 5.73 Å². The molecule has 1 unspecified atom stereocenters.